The maximum absolute atomic E-state index is 12.6. The topological polar surface area (TPSA) is 71.3 Å². The Hall–Kier alpha value is -2.41. The molecule has 1 N–H and O–H groups in total. The Balaban J connectivity index is 1.98. The van der Waals surface area contributed by atoms with Gasteiger partial charge in [-0.25, -0.2) is 9.97 Å². The Labute approximate surface area is 150 Å². The third-order valence-corrected chi connectivity index (χ3v) is 5.34. The van der Waals surface area contributed by atoms with E-state index in [9.17, 15) is 4.79 Å². The lowest BCUT2D eigenvalue weighted by Crippen LogP contribution is -2.24. The van der Waals surface area contributed by atoms with Gasteiger partial charge >= 0.3 is 0 Å². The van der Waals surface area contributed by atoms with E-state index in [1.807, 2.05) is 19.9 Å². The number of aryl methyl sites for hydroxylation is 2. The molecule has 3 aromatic heterocycles. The van der Waals surface area contributed by atoms with E-state index in [2.05, 4.69) is 34.0 Å². The van der Waals surface area contributed by atoms with Crippen LogP contribution < -0.4 is 10.2 Å². The fourth-order valence-corrected chi connectivity index (χ4v) is 3.99. The number of nitrogens with zero attached hydrogens (tertiary/aromatic N) is 3. The molecule has 0 unspecified atom stereocenters. The maximum atomic E-state index is 12.6. The molecule has 7 heteroatoms. The van der Waals surface area contributed by atoms with Crippen molar-refractivity contribution < 1.29 is 9.21 Å². The molecule has 0 atom stereocenters. The molecule has 0 aliphatic carbocycles. The molecule has 0 fully saturated rings. The number of nitrogens with one attached hydrogen (secondary N) is 1. The van der Waals surface area contributed by atoms with Crippen molar-refractivity contribution in [3.63, 3.8) is 0 Å². The van der Waals surface area contributed by atoms with Gasteiger partial charge in [0.05, 0.1) is 23.1 Å². The van der Waals surface area contributed by atoms with Crippen LogP contribution in [0.2, 0.25) is 0 Å². The van der Waals surface area contributed by atoms with Gasteiger partial charge in [-0.3, -0.25) is 4.79 Å². The number of fused-ring (bicyclic) bond motifs is 1. The first-order chi connectivity index (χ1) is 12.0. The predicted molar refractivity (Wildman–Crippen MR) is 100 cm³/mol. The Morgan fingerprint density at radius 1 is 1.28 bits per heavy atom. The van der Waals surface area contributed by atoms with Gasteiger partial charge in [0.2, 0.25) is 0 Å². The number of carbonyl (C=O) groups excluding carboxylic acids is 1. The molecule has 3 rings (SSSR count). The van der Waals surface area contributed by atoms with Crippen molar-refractivity contribution >= 4 is 33.3 Å². The summed E-state index contributed by atoms with van der Waals surface area (Å²) in [7, 11) is 0. The van der Waals surface area contributed by atoms with Gasteiger partial charge in [-0.1, -0.05) is 0 Å². The zero-order valence-electron chi connectivity index (χ0n) is 14.9. The Kier molecular flexibility index (Phi) is 5.03. The first-order valence-corrected chi connectivity index (χ1v) is 9.20. The summed E-state index contributed by atoms with van der Waals surface area (Å²) in [5.41, 5.74) is 0.929. The minimum atomic E-state index is -0.111. The summed E-state index contributed by atoms with van der Waals surface area (Å²) in [6, 6.07) is 3.65. The first-order valence-electron chi connectivity index (χ1n) is 8.38. The van der Waals surface area contributed by atoms with E-state index in [0.29, 0.717) is 11.4 Å². The smallest absolute Gasteiger partial charge is 0.262 e. The Bertz CT molecular complexity index is 882. The normalized spacial score (nSPS) is 11.0. The maximum Gasteiger partial charge on any atom is 0.262 e. The lowest BCUT2D eigenvalue weighted by Gasteiger charge is -2.21. The van der Waals surface area contributed by atoms with Crippen LogP contribution >= 0.6 is 11.3 Å². The second-order valence-electron chi connectivity index (χ2n) is 5.77. The predicted octanol–water partition coefficient (Wildman–Crippen LogP) is 3.68. The molecule has 132 valence electrons. The van der Waals surface area contributed by atoms with Crippen LogP contribution in [0.15, 0.2) is 22.8 Å². The number of rotatable bonds is 6. The third kappa shape index (κ3) is 3.37. The number of aromatic nitrogens is 2. The SMILES string of the molecule is CCN(CC)c1nc(C)nc2sc(C(=O)NCc3ccco3)c(C)c12. The van der Waals surface area contributed by atoms with Crippen LogP contribution in [0.1, 0.15) is 40.7 Å². The number of amides is 1. The molecule has 0 saturated carbocycles. The average molecular weight is 358 g/mol. The van der Waals surface area contributed by atoms with Crippen LogP contribution in [0.25, 0.3) is 10.2 Å². The zero-order chi connectivity index (χ0) is 18.0. The summed E-state index contributed by atoms with van der Waals surface area (Å²) in [5, 5.41) is 3.88. The number of hydrogen-bond donors (Lipinski definition) is 1. The molecule has 0 aliphatic rings. The zero-order valence-corrected chi connectivity index (χ0v) is 15.7. The molecule has 0 bridgehead atoms. The van der Waals surface area contributed by atoms with Crippen molar-refractivity contribution in [2.45, 2.75) is 34.2 Å². The van der Waals surface area contributed by atoms with Crippen LogP contribution in [0.4, 0.5) is 5.82 Å². The lowest BCUT2D eigenvalue weighted by atomic mass is 10.2. The summed E-state index contributed by atoms with van der Waals surface area (Å²) in [6.07, 6.45) is 1.60. The molecule has 0 spiro atoms. The summed E-state index contributed by atoms with van der Waals surface area (Å²) < 4.78 is 5.26. The van der Waals surface area contributed by atoms with Crippen LogP contribution in [-0.2, 0) is 6.54 Å². The summed E-state index contributed by atoms with van der Waals surface area (Å²) in [5.74, 6) is 2.25. The Morgan fingerprint density at radius 3 is 2.68 bits per heavy atom. The van der Waals surface area contributed by atoms with Crippen molar-refractivity contribution in [2.24, 2.45) is 0 Å². The van der Waals surface area contributed by atoms with E-state index in [1.54, 1.807) is 12.3 Å². The van der Waals surface area contributed by atoms with Crippen molar-refractivity contribution in [3.8, 4) is 0 Å². The van der Waals surface area contributed by atoms with Gasteiger partial charge in [0.1, 0.15) is 22.2 Å². The number of thiophene rings is 1. The van der Waals surface area contributed by atoms with Gasteiger partial charge < -0.3 is 14.6 Å². The van der Waals surface area contributed by atoms with E-state index in [-0.39, 0.29) is 5.91 Å². The minimum Gasteiger partial charge on any atom is -0.467 e. The molecule has 0 saturated heterocycles. The molecule has 25 heavy (non-hydrogen) atoms. The van der Waals surface area contributed by atoms with Gasteiger partial charge in [0, 0.05) is 13.1 Å². The van der Waals surface area contributed by atoms with Gasteiger partial charge in [-0.05, 0) is 45.4 Å². The molecule has 1 amide bonds. The molecule has 6 nitrogen and oxygen atoms in total. The summed E-state index contributed by atoms with van der Waals surface area (Å²) in [4.78, 5) is 25.5. The first kappa shape index (κ1) is 17.4. The van der Waals surface area contributed by atoms with Crippen LogP contribution in [0, 0.1) is 13.8 Å². The quantitative estimate of drug-likeness (QED) is 0.728. The van der Waals surface area contributed by atoms with Gasteiger partial charge in [-0.2, -0.15) is 0 Å². The standard InChI is InChI=1S/C18H22N4O2S/c1-5-22(6-2)16-14-11(3)15(25-18(14)21-12(4)20-16)17(23)19-10-13-8-7-9-24-13/h7-9H,5-6,10H2,1-4H3,(H,19,23). The second-order valence-corrected chi connectivity index (χ2v) is 6.76. The number of furan rings is 1. The number of hydrogen-bond acceptors (Lipinski definition) is 6. The van der Waals surface area contributed by atoms with Gasteiger partial charge in [0.25, 0.3) is 5.91 Å². The van der Waals surface area contributed by atoms with Crippen LogP contribution in [-0.4, -0.2) is 29.0 Å². The van der Waals surface area contributed by atoms with Crippen LogP contribution in [0.5, 0.6) is 0 Å². The number of anilines is 1. The molecule has 0 aliphatic heterocycles. The monoisotopic (exact) mass is 358 g/mol. The molecule has 0 aromatic carbocycles. The van der Waals surface area contributed by atoms with Gasteiger partial charge in [0.15, 0.2) is 0 Å². The molecule has 3 heterocycles. The van der Waals surface area contributed by atoms with E-state index in [4.69, 9.17) is 4.42 Å². The van der Waals surface area contributed by atoms with Gasteiger partial charge in [-0.15, -0.1) is 11.3 Å². The van der Waals surface area contributed by atoms with Crippen LogP contribution in [0.3, 0.4) is 0 Å². The van der Waals surface area contributed by atoms with Crippen molar-refractivity contribution in [1.82, 2.24) is 15.3 Å². The van der Waals surface area contributed by atoms with Crippen molar-refractivity contribution in [3.05, 3.63) is 40.4 Å². The van der Waals surface area contributed by atoms with E-state index in [1.165, 1.54) is 11.3 Å². The number of carbonyl (C=O) groups is 1. The summed E-state index contributed by atoms with van der Waals surface area (Å²) >= 11 is 1.42. The molecular formula is C18H22N4O2S. The molecule has 0 radical (unpaired) electrons. The lowest BCUT2D eigenvalue weighted by molar-refractivity contribution is 0.0951. The molecular weight excluding hydrogens is 336 g/mol. The highest BCUT2D eigenvalue weighted by Gasteiger charge is 2.21. The van der Waals surface area contributed by atoms with Crippen molar-refractivity contribution in [2.75, 3.05) is 18.0 Å². The highest BCUT2D eigenvalue weighted by Crippen LogP contribution is 2.35. The van der Waals surface area contributed by atoms with E-state index in [0.717, 1.165) is 46.3 Å². The average Bonchev–Trinajstić information content (AvgIpc) is 3.22. The van der Waals surface area contributed by atoms with E-state index < -0.39 is 0 Å². The highest BCUT2D eigenvalue weighted by atomic mass is 32.1. The highest BCUT2D eigenvalue weighted by molar-refractivity contribution is 7.20. The fourth-order valence-electron chi connectivity index (χ4n) is 2.85. The van der Waals surface area contributed by atoms with Crippen molar-refractivity contribution in [1.29, 1.82) is 0 Å². The molecule has 3 aromatic rings. The summed E-state index contributed by atoms with van der Waals surface area (Å²) in [6.45, 7) is 10.1. The Morgan fingerprint density at radius 2 is 2.04 bits per heavy atom. The second kappa shape index (κ2) is 7.23. The third-order valence-electron chi connectivity index (χ3n) is 4.16. The fraction of sp³-hybridized carbons (Fsp3) is 0.389. The minimum absolute atomic E-state index is 0.111. The largest absolute Gasteiger partial charge is 0.467 e. The van der Waals surface area contributed by atoms with E-state index >= 15 is 0 Å².